The van der Waals surface area contributed by atoms with Crippen LogP contribution in [0.3, 0.4) is 0 Å². The number of hydrogen-bond acceptors (Lipinski definition) is 3. The molecule has 1 aromatic heterocycles. The maximum absolute atomic E-state index is 8.81. The first kappa shape index (κ1) is 12.0. The van der Waals surface area contributed by atoms with E-state index in [1.54, 1.807) is 23.5 Å². The summed E-state index contributed by atoms with van der Waals surface area (Å²) < 4.78 is 1.26. The van der Waals surface area contributed by atoms with Crippen molar-refractivity contribution in [1.29, 1.82) is 5.26 Å². The average molecular weight is 285 g/mol. The number of nitriles is 1. The van der Waals surface area contributed by atoms with Gasteiger partial charge in [0.25, 0.3) is 0 Å². The predicted molar refractivity (Wildman–Crippen MR) is 81.3 cm³/mol. The lowest BCUT2D eigenvalue weighted by molar-refractivity contribution is 1.48. The highest BCUT2D eigenvalue weighted by Crippen LogP contribution is 2.29. The van der Waals surface area contributed by atoms with Gasteiger partial charge in [-0.15, -0.1) is 11.3 Å². The van der Waals surface area contributed by atoms with Crippen LogP contribution < -0.4 is 5.32 Å². The highest BCUT2D eigenvalue weighted by Gasteiger charge is 2.03. The first-order valence-electron chi connectivity index (χ1n) is 5.70. The lowest BCUT2D eigenvalue weighted by atomic mass is 10.2. The smallest absolute Gasteiger partial charge is 0.0992 e. The summed E-state index contributed by atoms with van der Waals surface area (Å²) in [4.78, 5) is 0. The number of nitrogens with zero attached hydrogens (tertiary/aromatic N) is 1. The standard InChI is InChI=1S/C15H9ClN2S/c16-13-7-10(9-17)1-3-14(13)18-12-2-4-15-11(8-12)5-6-19-15/h1-8,18H. The van der Waals surface area contributed by atoms with E-state index in [0.717, 1.165) is 11.4 Å². The van der Waals surface area contributed by atoms with Gasteiger partial charge in [-0.05, 0) is 53.2 Å². The van der Waals surface area contributed by atoms with Crippen molar-refractivity contribution >= 4 is 44.4 Å². The number of rotatable bonds is 2. The van der Waals surface area contributed by atoms with Gasteiger partial charge in [-0.1, -0.05) is 11.6 Å². The van der Waals surface area contributed by atoms with E-state index in [1.807, 2.05) is 12.1 Å². The molecule has 0 atom stereocenters. The maximum Gasteiger partial charge on any atom is 0.0992 e. The molecular formula is C15H9ClN2S. The van der Waals surface area contributed by atoms with Crippen molar-refractivity contribution in [2.24, 2.45) is 0 Å². The molecule has 0 bridgehead atoms. The molecule has 2 nitrogen and oxygen atoms in total. The van der Waals surface area contributed by atoms with Crippen LogP contribution in [0.4, 0.5) is 11.4 Å². The number of hydrogen-bond donors (Lipinski definition) is 1. The quantitative estimate of drug-likeness (QED) is 0.704. The van der Waals surface area contributed by atoms with Crippen LogP contribution in [0.5, 0.6) is 0 Å². The molecule has 0 unspecified atom stereocenters. The number of benzene rings is 2. The monoisotopic (exact) mass is 284 g/mol. The molecule has 0 saturated carbocycles. The van der Waals surface area contributed by atoms with Gasteiger partial charge in [0, 0.05) is 10.4 Å². The Morgan fingerprint density at radius 2 is 2.00 bits per heavy atom. The number of nitrogens with one attached hydrogen (secondary N) is 1. The van der Waals surface area contributed by atoms with Crippen molar-refractivity contribution in [3.05, 3.63) is 58.4 Å². The first-order valence-corrected chi connectivity index (χ1v) is 6.96. The lowest BCUT2D eigenvalue weighted by Crippen LogP contribution is -1.91. The molecule has 92 valence electrons. The van der Waals surface area contributed by atoms with E-state index in [-0.39, 0.29) is 0 Å². The Bertz CT molecular complexity index is 786. The van der Waals surface area contributed by atoms with Crippen LogP contribution in [-0.4, -0.2) is 0 Å². The fourth-order valence-electron chi connectivity index (χ4n) is 1.89. The molecule has 3 rings (SSSR count). The Morgan fingerprint density at radius 1 is 1.11 bits per heavy atom. The molecule has 3 aromatic rings. The van der Waals surface area contributed by atoms with E-state index in [2.05, 4.69) is 35.0 Å². The Labute approximate surface area is 119 Å². The molecule has 0 saturated heterocycles. The normalized spacial score (nSPS) is 10.3. The molecule has 2 aromatic carbocycles. The fourth-order valence-corrected chi connectivity index (χ4v) is 2.88. The highest BCUT2D eigenvalue weighted by atomic mass is 35.5. The van der Waals surface area contributed by atoms with E-state index >= 15 is 0 Å². The third kappa shape index (κ3) is 2.41. The molecule has 1 heterocycles. The molecule has 1 N–H and O–H groups in total. The second-order valence-electron chi connectivity index (χ2n) is 4.10. The van der Waals surface area contributed by atoms with E-state index in [1.165, 1.54) is 10.1 Å². The third-order valence-corrected chi connectivity index (χ3v) is 4.04. The zero-order valence-electron chi connectivity index (χ0n) is 9.85. The summed E-state index contributed by atoms with van der Waals surface area (Å²) in [6, 6.07) is 15.6. The number of fused-ring (bicyclic) bond motifs is 1. The number of thiophene rings is 1. The largest absolute Gasteiger partial charge is 0.354 e. The summed E-state index contributed by atoms with van der Waals surface area (Å²) in [6.07, 6.45) is 0. The minimum atomic E-state index is 0.546. The molecular weight excluding hydrogens is 276 g/mol. The van der Waals surface area contributed by atoms with Crippen LogP contribution in [0.2, 0.25) is 5.02 Å². The summed E-state index contributed by atoms with van der Waals surface area (Å²) >= 11 is 7.86. The van der Waals surface area contributed by atoms with Crippen LogP contribution >= 0.6 is 22.9 Å². The molecule has 0 spiro atoms. The van der Waals surface area contributed by atoms with Gasteiger partial charge >= 0.3 is 0 Å². The molecule has 19 heavy (non-hydrogen) atoms. The Kier molecular flexibility index (Phi) is 3.12. The zero-order chi connectivity index (χ0) is 13.2. The van der Waals surface area contributed by atoms with Gasteiger partial charge in [-0.25, -0.2) is 0 Å². The molecule has 0 fully saturated rings. The molecule has 0 aliphatic rings. The predicted octanol–water partition coefficient (Wildman–Crippen LogP) is 5.17. The van der Waals surface area contributed by atoms with Gasteiger partial charge in [0.15, 0.2) is 0 Å². The van der Waals surface area contributed by atoms with Crippen molar-refractivity contribution < 1.29 is 0 Å². The summed E-state index contributed by atoms with van der Waals surface area (Å²) in [5.74, 6) is 0. The van der Waals surface area contributed by atoms with Gasteiger partial charge in [0.2, 0.25) is 0 Å². The number of halogens is 1. The Morgan fingerprint density at radius 3 is 2.79 bits per heavy atom. The van der Waals surface area contributed by atoms with Crippen LogP contribution in [0.15, 0.2) is 47.8 Å². The third-order valence-electron chi connectivity index (χ3n) is 2.83. The van der Waals surface area contributed by atoms with Gasteiger partial charge in [0.05, 0.1) is 22.3 Å². The van der Waals surface area contributed by atoms with Gasteiger partial charge in [-0.2, -0.15) is 5.26 Å². The van der Waals surface area contributed by atoms with Gasteiger partial charge in [0.1, 0.15) is 0 Å². The maximum atomic E-state index is 8.81. The van der Waals surface area contributed by atoms with E-state index < -0.39 is 0 Å². The summed E-state index contributed by atoms with van der Waals surface area (Å²) in [6.45, 7) is 0. The van der Waals surface area contributed by atoms with Crippen molar-refractivity contribution in [3.8, 4) is 6.07 Å². The minimum absolute atomic E-state index is 0.546. The van der Waals surface area contributed by atoms with E-state index in [9.17, 15) is 0 Å². The summed E-state index contributed by atoms with van der Waals surface area (Å²) in [7, 11) is 0. The van der Waals surface area contributed by atoms with Crippen molar-refractivity contribution in [2.75, 3.05) is 5.32 Å². The highest BCUT2D eigenvalue weighted by molar-refractivity contribution is 7.17. The summed E-state index contributed by atoms with van der Waals surface area (Å²) in [5.41, 5.74) is 2.34. The first-order chi connectivity index (χ1) is 9.26. The van der Waals surface area contributed by atoms with Crippen LogP contribution in [-0.2, 0) is 0 Å². The van der Waals surface area contributed by atoms with Gasteiger partial charge < -0.3 is 5.32 Å². The van der Waals surface area contributed by atoms with Crippen molar-refractivity contribution in [3.63, 3.8) is 0 Å². The molecule has 4 heteroatoms. The molecule has 0 amide bonds. The lowest BCUT2D eigenvalue weighted by Gasteiger charge is -2.08. The minimum Gasteiger partial charge on any atom is -0.354 e. The van der Waals surface area contributed by atoms with Crippen LogP contribution in [0, 0.1) is 11.3 Å². The molecule has 0 aliphatic heterocycles. The topological polar surface area (TPSA) is 35.8 Å². The fraction of sp³-hybridized carbons (Fsp3) is 0. The van der Waals surface area contributed by atoms with Crippen molar-refractivity contribution in [1.82, 2.24) is 0 Å². The zero-order valence-corrected chi connectivity index (χ0v) is 11.4. The second-order valence-corrected chi connectivity index (χ2v) is 5.46. The Balaban J connectivity index is 1.94. The Hall–Kier alpha value is -2.02. The molecule has 0 aliphatic carbocycles. The van der Waals surface area contributed by atoms with Gasteiger partial charge in [-0.3, -0.25) is 0 Å². The van der Waals surface area contributed by atoms with E-state index in [0.29, 0.717) is 10.6 Å². The number of anilines is 2. The second kappa shape index (κ2) is 4.93. The average Bonchev–Trinajstić information content (AvgIpc) is 2.88. The van der Waals surface area contributed by atoms with E-state index in [4.69, 9.17) is 16.9 Å². The SMILES string of the molecule is N#Cc1ccc(Nc2ccc3sccc3c2)c(Cl)c1. The summed E-state index contributed by atoms with van der Waals surface area (Å²) in [5, 5.41) is 15.9. The van der Waals surface area contributed by atoms with Crippen LogP contribution in [0.25, 0.3) is 10.1 Å². The molecule has 0 radical (unpaired) electrons. The van der Waals surface area contributed by atoms with Crippen molar-refractivity contribution in [2.45, 2.75) is 0 Å². The van der Waals surface area contributed by atoms with Crippen LogP contribution in [0.1, 0.15) is 5.56 Å².